The quantitative estimate of drug-likeness (QED) is 0.346. The normalized spacial score (nSPS) is 17.2. The summed E-state index contributed by atoms with van der Waals surface area (Å²) in [7, 11) is 1.64. The first-order chi connectivity index (χ1) is 17.4. The monoisotopic (exact) mass is 498 g/mol. The molecule has 2 aromatic heterocycles. The summed E-state index contributed by atoms with van der Waals surface area (Å²) in [5.74, 6) is -0.260. The van der Waals surface area contributed by atoms with Gasteiger partial charge in [-0.05, 0) is 74.1 Å². The average Bonchev–Trinajstić information content (AvgIpc) is 3.39. The van der Waals surface area contributed by atoms with Crippen LogP contribution in [-0.4, -0.2) is 32.8 Å². The van der Waals surface area contributed by atoms with Crippen LogP contribution in [0.1, 0.15) is 45.1 Å². The fourth-order valence-corrected chi connectivity index (χ4v) is 5.41. The molecule has 0 radical (unpaired) electrons. The van der Waals surface area contributed by atoms with E-state index < -0.39 is 5.97 Å². The molecule has 0 saturated carbocycles. The van der Waals surface area contributed by atoms with E-state index in [1.165, 1.54) is 0 Å². The number of carboxylic acid groups (broad SMARTS) is 1. The molecule has 2 atom stereocenters. The number of nitrogens with one attached hydrogen (secondary N) is 1. The summed E-state index contributed by atoms with van der Waals surface area (Å²) in [6, 6.07) is 22.3. The summed E-state index contributed by atoms with van der Waals surface area (Å²) in [6.07, 6.45) is 1.77. The highest BCUT2D eigenvalue weighted by atomic mass is 32.1. The molecule has 0 aliphatic carbocycles. The van der Waals surface area contributed by atoms with Crippen molar-refractivity contribution in [1.82, 2.24) is 14.9 Å². The standard InChI is InChI=1S/C28H26N4O3S/c1-17-16-20(18(2)31(17)22-12-5-4-10-19(22)27(33)34)26-25(21-11-8-9-15-29-21)30-28(36)32(26)23-13-6-7-14-24(23)35-3/h4-16,25-26H,1-3H3,(H,30,36)(H,33,34)/t25-,26+/m1/s1. The van der Waals surface area contributed by atoms with Crippen LogP contribution in [0.5, 0.6) is 5.75 Å². The molecule has 5 rings (SSSR count). The Bertz CT molecular complexity index is 1450. The van der Waals surface area contributed by atoms with E-state index in [2.05, 4.69) is 21.3 Å². The topological polar surface area (TPSA) is 79.6 Å². The lowest BCUT2D eigenvalue weighted by molar-refractivity contribution is 0.0697. The first-order valence-electron chi connectivity index (χ1n) is 11.6. The van der Waals surface area contributed by atoms with Gasteiger partial charge in [0.15, 0.2) is 5.11 Å². The van der Waals surface area contributed by atoms with Crippen LogP contribution in [0.15, 0.2) is 79.0 Å². The molecule has 0 unspecified atom stereocenters. The molecular formula is C28H26N4O3S. The van der Waals surface area contributed by atoms with Crippen molar-refractivity contribution in [2.75, 3.05) is 12.0 Å². The third-order valence-electron chi connectivity index (χ3n) is 6.61. The Kier molecular flexibility index (Phi) is 6.20. The maximum Gasteiger partial charge on any atom is 0.337 e. The first kappa shape index (κ1) is 23.6. The lowest BCUT2D eigenvalue weighted by atomic mass is 9.96. The minimum absolute atomic E-state index is 0.229. The summed E-state index contributed by atoms with van der Waals surface area (Å²) < 4.78 is 7.68. The van der Waals surface area contributed by atoms with Gasteiger partial charge in [-0.2, -0.15) is 0 Å². The number of aryl methyl sites for hydroxylation is 1. The number of methoxy groups -OCH3 is 1. The molecule has 7 nitrogen and oxygen atoms in total. The van der Waals surface area contributed by atoms with Gasteiger partial charge >= 0.3 is 5.97 Å². The molecule has 0 spiro atoms. The molecule has 182 valence electrons. The number of pyridine rings is 1. The van der Waals surface area contributed by atoms with E-state index in [0.29, 0.717) is 16.5 Å². The van der Waals surface area contributed by atoms with Gasteiger partial charge in [0.1, 0.15) is 5.75 Å². The van der Waals surface area contributed by atoms with Gasteiger partial charge in [0.25, 0.3) is 0 Å². The average molecular weight is 499 g/mol. The predicted molar refractivity (Wildman–Crippen MR) is 143 cm³/mol. The Morgan fingerprint density at radius 1 is 1.03 bits per heavy atom. The van der Waals surface area contributed by atoms with Crippen LogP contribution in [0.4, 0.5) is 5.69 Å². The van der Waals surface area contributed by atoms with Gasteiger partial charge in [-0.1, -0.05) is 30.3 Å². The third kappa shape index (κ3) is 3.89. The summed E-state index contributed by atoms with van der Waals surface area (Å²) in [4.78, 5) is 18.7. The van der Waals surface area contributed by atoms with Crippen LogP contribution in [0.2, 0.25) is 0 Å². The zero-order chi connectivity index (χ0) is 25.4. The van der Waals surface area contributed by atoms with E-state index in [9.17, 15) is 9.90 Å². The van der Waals surface area contributed by atoms with Crippen LogP contribution < -0.4 is 15.0 Å². The van der Waals surface area contributed by atoms with E-state index in [0.717, 1.165) is 28.3 Å². The fraction of sp³-hybridized carbons (Fsp3) is 0.179. The number of carboxylic acids is 1. The van der Waals surface area contributed by atoms with E-state index >= 15 is 0 Å². The van der Waals surface area contributed by atoms with Gasteiger partial charge < -0.3 is 24.6 Å². The van der Waals surface area contributed by atoms with Crippen molar-refractivity contribution >= 4 is 29.0 Å². The zero-order valence-electron chi connectivity index (χ0n) is 20.2. The van der Waals surface area contributed by atoms with Crippen LogP contribution >= 0.6 is 12.2 Å². The molecule has 3 heterocycles. The number of carbonyl (C=O) groups is 1. The van der Waals surface area contributed by atoms with Gasteiger partial charge in [0.05, 0.1) is 41.8 Å². The van der Waals surface area contributed by atoms with Crippen LogP contribution in [0, 0.1) is 13.8 Å². The Hall–Kier alpha value is -4.17. The molecular weight excluding hydrogens is 472 g/mol. The van der Waals surface area contributed by atoms with E-state index in [4.69, 9.17) is 17.0 Å². The van der Waals surface area contributed by atoms with E-state index in [1.54, 1.807) is 25.4 Å². The lowest BCUT2D eigenvalue weighted by Crippen LogP contribution is -2.30. The second-order valence-electron chi connectivity index (χ2n) is 8.65. The molecule has 1 saturated heterocycles. The SMILES string of the molecule is COc1ccccc1N1C(=S)N[C@H](c2ccccn2)[C@@H]1c1cc(C)n(-c2ccccc2C(=O)O)c1C. The van der Waals surface area contributed by atoms with Gasteiger partial charge in [-0.3, -0.25) is 4.98 Å². The van der Waals surface area contributed by atoms with Gasteiger partial charge in [0.2, 0.25) is 0 Å². The number of nitrogens with zero attached hydrogens (tertiary/aromatic N) is 3. The molecule has 1 fully saturated rings. The third-order valence-corrected chi connectivity index (χ3v) is 6.92. The Morgan fingerprint density at radius 2 is 1.72 bits per heavy atom. The van der Waals surface area contributed by atoms with Crippen molar-refractivity contribution in [1.29, 1.82) is 0 Å². The second kappa shape index (κ2) is 9.47. The van der Waals surface area contributed by atoms with Crippen molar-refractivity contribution in [2.45, 2.75) is 25.9 Å². The molecule has 1 aliphatic heterocycles. The van der Waals surface area contributed by atoms with E-state index in [1.807, 2.05) is 73.0 Å². The van der Waals surface area contributed by atoms with Crippen LogP contribution in [0.3, 0.4) is 0 Å². The number of aromatic nitrogens is 2. The molecule has 0 bridgehead atoms. The number of anilines is 1. The highest BCUT2D eigenvalue weighted by Gasteiger charge is 2.43. The minimum Gasteiger partial charge on any atom is -0.495 e. The van der Waals surface area contributed by atoms with Crippen LogP contribution in [0.25, 0.3) is 5.69 Å². The number of para-hydroxylation sites is 3. The van der Waals surface area contributed by atoms with Gasteiger partial charge in [0, 0.05) is 17.6 Å². The maximum atomic E-state index is 12.0. The molecule has 2 N–H and O–H groups in total. The number of aromatic carboxylic acids is 1. The number of benzene rings is 2. The van der Waals surface area contributed by atoms with E-state index in [-0.39, 0.29) is 17.6 Å². The lowest BCUT2D eigenvalue weighted by Gasteiger charge is -2.29. The van der Waals surface area contributed by atoms with Crippen molar-refractivity contribution < 1.29 is 14.6 Å². The van der Waals surface area contributed by atoms with Crippen molar-refractivity contribution in [2.24, 2.45) is 0 Å². The van der Waals surface area contributed by atoms with Gasteiger partial charge in [-0.15, -0.1) is 0 Å². The molecule has 1 aliphatic rings. The smallest absolute Gasteiger partial charge is 0.337 e. The number of hydrogen-bond acceptors (Lipinski definition) is 4. The fourth-order valence-electron chi connectivity index (χ4n) is 5.07. The van der Waals surface area contributed by atoms with Crippen molar-refractivity contribution in [3.8, 4) is 11.4 Å². The summed E-state index contributed by atoms with van der Waals surface area (Å²) in [5.41, 5.74) is 5.44. The van der Waals surface area contributed by atoms with Crippen LogP contribution in [-0.2, 0) is 0 Å². The molecule has 8 heteroatoms. The highest BCUT2D eigenvalue weighted by Crippen LogP contribution is 2.46. The van der Waals surface area contributed by atoms with Crippen molar-refractivity contribution in [3.63, 3.8) is 0 Å². The Morgan fingerprint density at radius 3 is 2.42 bits per heavy atom. The molecule has 0 amide bonds. The predicted octanol–water partition coefficient (Wildman–Crippen LogP) is 5.37. The second-order valence-corrected chi connectivity index (χ2v) is 9.04. The van der Waals surface area contributed by atoms with Crippen molar-refractivity contribution in [3.05, 3.63) is 107 Å². The summed E-state index contributed by atoms with van der Waals surface area (Å²) >= 11 is 5.86. The minimum atomic E-state index is -0.967. The summed E-state index contributed by atoms with van der Waals surface area (Å²) in [6.45, 7) is 4.00. The zero-order valence-corrected chi connectivity index (χ0v) is 21.0. The largest absolute Gasteiger partial charge is 0.495 e. The van der Waals surface area contributed by atoms with Gasteiger partial charge in [-0.25, -0.2) is 4.79 Å². The molecule has 2 aromatic carbocycles. The maximum absolute atomic E-state index is 12.0. The Labute approximate surface area is 215 Å². The highest BCUT2D eigenvalue weighted by molar-refractivity contribution is 7.80. The number of ether oxygens (including phenoxy) is 1. The Balaban J connectivity index is 1.73. The molecule has 4 aromatic rings. The first-order valence-corrected chi connectivity index (χ1v) is 12.0. The number of rotatable bonds is 6. The number of hydrogen-bond donors (Lipinski definition) is 2. The molecule has 36 heavy (non-hydrogen) atoms. The number of thiocarbonyl (C=S) groups is 1. The summed E-state index contributed by atoms with van der Waals surface area (Å²) in [5, 5.41) is 13.9.